The summed E-state index contributed by atoms with van der Waals surface area (Å²) in [5.41, 5.74) is 4.76. The first-order valence-corrected chi connectivity index (χ1v) is 6.07. The van der Waals surface area contributed by atoms with E-state index < -0.39 is 0 Å². The molecular weight excluding hydrogens is 216 g/mol. The Hall–Kier alpha value is -1.50. The van der Waals surface area contributed by atoms with Gasteiger partial charge in [-0.2, -0.15) is 0 Å². The number of carbonyl (C=O) groups excluding carboxylic acids is 2. The SMILES string of the molecule is CC.CC#CC1CNC(=O)C1.CCCC(N)=O. The summed E-state index contributed by atoms with van der Waals surface area (Å²) in [6, 6.07) is 0. The summed E-state index contributed by atoms with van der Waals surface area (Å²) in [6.45, 7) is 8.45. The summed E-state index contributed by atoms with van der Waals surface area (Å²) < 4.78 is 0. The minimum atomic E-state index is -0.211. The van der Waals surface area contributed by atoms with E-state index in [0.717, 1.165) is 13.0 Å². The maximum atomic E-state index is 10.5. The van der Waals surface area contributed by atoms with Crippen molar-refractivity contribution in [3.8, 4) is 11.8 Å². The smallest absolute Gasteiger partial charge is 0.221 e. The first-order valence-electron chi connectivity index (χ1n) is 6.07. The van der Waals surface area contributed by atoms with Gasteiger partial charge in [0.1, 0.15) is 0 Å². The minimum Gasteiger partial charge on any atom is -0.370 e. The van der Waals surface area contributed by atoms with Crippen molar-refractivity contribution < 1.29 is 9.59 Å². The van der Waals surface area contributed by atoms with Crippen molar-refractivity contribution in [2.75, 3.05) is 6.54 Å². The van der Waals surface area contributed by atoms with Gasteiger partial charge < -0.3 is 11.1 Å². The molecule has 1 saturated heterocycles. The van der Waals surface area contributed by atoms with Gasteiger partial charge >= 0.3 is 0 Å². The van der Waals surface area contributed by atoms with E-state index in [1.165, 1.54) is 0 Å². The predicted molar refractivity (Wildman–Crippen MR) is 70.0 cm³/mol. The number of nitrogens with two attached hydrogens (primary N) is 1. The summed E-state index contributed by atoms with van der Waals surface area (Å²) in [7, 11) is 0. The lowest BCUT2D eigenvalue weighted by atomic mass is 10.1. The summed E-state index contributed by atoms with van der Waals surface area (Å²) in [6.07, 6.45) is 1.95. The van der Waals surface area contributed by atoms with E-state index >= 15 is 0 Å². The molecule has 0 aromatic heterocycles. The van der Waals surface area contributed by atoms with Crippen LogP contribution in [0.3, 0.4) is 0 Å². The van der Waals surface area contributed by atoms with Gasteiger partial charge in [-0.1, -0.05) is 26.7 Å². The second-order valence-corrected chi connectivity index (χ2v) is 3.32. The molecule has 1 aliphatic heterocycles. The highest BCUT2D eigenvalue weighted by atomic mass is 16.2. The van der Waals surface area contributed by atoms with Crippen molar-refractivity contribution >= 4 is 11.8 Å². The summed E-state index contributed by atoms with van der Waals surface area (Å²) in [5, 5.41) is 2.71. The van der Waals surface area contributed by atoms with E-state index in [-0.39, 0.29) is 17.7 Å². The Morgan fingerprint density at radius 2 is 2.12 bits per heavy atom. The van der Waals surface area contributed by atoms with Crippen LogP contribution in [0.4, 0.5) is 0 Å². The van der Waals surface area contributed by atoms with Crippen molar-refractivity contribution in [2.45, 2.75) is 47.0 Å². The van der Waals surface area contributed by atoms with Crippen LogP contribution in [-0.2, 0) is 9.59 Å². The summed E-state index contributed by atoms with van der Waals surface area (Å²) >= 11 is 0. The zero-order valence-corrected chi connectivity index (χ0v) is 11.3. The average molecular weight is 240 g/mol. The highest BCUT2D eigenvalue weighted by molar-refractivity contribution is 5.78. The highest BCUT2D eigenvalue weighted by Gasteiger charge is 2.18. The molecule has 0 spiro atoms. The van der Waals surface area contributed by atoms with E-state index in [0.29, 0.717) is 12.8 Å². The van der Waals surface area contributed by atoms with Gasteiger partial charge in [0.2, 0.25) is 11.8 Å². The molecule has 1 heterocycles. The lowest BCUT2D eigenvalue weighted by Gasteiger charge is -1.90. The molecular formula is C13H24N2O2. The topological polar surface area (TPSA) is 72.2 Å². The summed E-state index contributed by atoms with van der Waals surface area (Å²) in [5.74, 6) is 5.91. The number of hydrogen-bond acceptors (Lipinski definition) is 2. The quantitative estimate of drug-likeness (QED) is 0.717. The van der Waals surface area contributed by atoms with Crippen molar-refractivity contribution in [2.24, 2.45) is 11.7 Å². The standard InChI is InChI=1S/C7H9NO.C4H9NO.C2H6/c1-2-3-6-4-7(9)8-5-6;1-2-3-4(5)6;1-2/h6H,4-5H2,1H3,(H,8,9);2-3H2,1H3,(H2,5,6);1-2H3. The molecule has 0 aromatic rings. The molecule has 17 heavy (non-hydrogen) atoms. The number of carbonyl (C=O) groups is 2. The fraction of sp³-hybridized carbons (Fsp3) is 0.692. The fourth-order valence-electron chi connectivity index (χ4n) is 1.16. The molecule has 3 N–H and O–H groups in total. The van der Waals surface area contributed by atoms with Gasteiger partial charge in [-0.05, 0) is 13.3 Å². The third-order valence-corrected chi connectivity index (χ3v) is 1.82. The number of rotatable bonds is 2. The minimum absolute atomic E-state index is 0.128. The van der Waals surface area contributed by atoms with E-state index in [2.05, 4.69) is 17.2 Å². The molecule has 1 aliphatic rings. The number of amides is 2. The third kappa shape index (κ3) is 12.4. The molecule has 4 heteroatoms. The van der Waals surface area contributed by atoms with Crippen LogP contribution in [0, 0.1) is 17.8 Å². The predicted octanol–water partition coefficient (Wildman–Crippen LogP) is 1.44. The van der Waals surface area contributed by atoms with Gasteiger partial charge in [0.15, 0.2) is 0 Å². The second kappa shape index (κ2) is 12.6. The van der Waals surface area contributed by atoms with Gasteiger partial charge in [0.05, 0.1) is 0 Å². The molecule has 0 radical (unpaired) electrons. The number of hydrogen-bond donors (Lipinski definition) is 2. The van der Waals surface area contributed by atoms with Crippen LogP contribution in [-0.4, -0.2) is 18.4 Å². The molecule has 0 aromatic carbocycles. The number of primary amides is 1. The molecule has 2 amide bonds. The Morgan fingerprint density at radius 3 is 2.35 bits per heavy atom. The fourth-order valence-corrected chi connectivity index (χ4v) is 1.16. The zero-order chi connectivity index (χ0) is 13.7. The van der Waals surface area contributed by atoms with Crippen LogP contribution in [0.5, 0.6) is 0 Å². The molecule has 98 valence electrons. The van der Waals surface area contributed by atoms with E-state index in [4.69, 9.17) is 5.73 Å². The van der Waals surface area contributed by atoms with Gasteiger partial charge in [-0.25, -0.2) is 0 Å². The first-order chi connectivity index (χ1) is 8.10. The van der Waals surface area contributed by atoms with Crippen LogP contribution in [0.25, 0.3) is 0 Å². The molecule has 0 bridgehead atoms. The van der Waals surface area contributed by atoms with Crippen molar-refractivity contribution in [1.82, 2.24) is 5.32 Å². The van der Waals surface area contributed by atoms with Gasteiger partial charge in [-0.15, -0.1) is 5.92 Å². The second-order valence-electron chi connectivity index (χ2n) is 3.32. The molecule has 0 aliphatic carbocycles. The molecule has 1 rings (SSSR count). The maximum absolute atomic E-state index is 10.5. The third-order valence-electron chi connectivity index (χ3n) is 1.82. The Kier molecular flexibility index (Phi) is 13.2. The van der Waals surface area contributed by atoms with Crippen molar-refractivity contribution in [1.29, 1.82) is 0 Å². The van der Waals surface area contributed by atoms with E-state index in [1.54, 1.807) is 6.92 Å². The Morgan fingerprint density at radius 1 is 1.53 bits per heavy atom. The lowest BCUT2D eigenvalue weighted by molar-refractivity contribution is -0.119. The van der Waals surface area contributed by atoms with Crippen LogP contribution in [0.15, 0.2) is 0 Å². The van der Waals surface area contributed by atoms with Gasteiger partial charge in [0.25, 0.3) is 0 Å². The molecule has 0 saturated carbocycles. The Labute approximate surface area is 104 Å². The van der Waals surface area contributed by atoms with Crippen molar-refractivity contribution in [3.05, 3.63) is 0 Å². The van der Waals surface area contributed by atoms with Crippen LogP contribution >= 0.6 is 0 Å². The summed E-state index contributed by atoms with van der Waals surface area (Å²) in [4.78, 5) is 20.4. The molecule has 1 atom stereocenters. The molecule has 1 unspecified atom stereocenters. The van der Waals surface area contributed by atoms with Crippen LogP contribution in [0.2, 0.25) is 0 Å². The largest absolute Gasteiger partial charge is 0.370 e. The monoisotopic (exact) mass is 240 g/mol. The number of nitrogens with one attached hydrogen (secondary N) is 1. The average Bonchev–Trinajstić information content (AvgIpc) is 2.68. The first kappa shape index (κ1) is 17.9. The van der Waals surface area contributed by atoms with Gasteiger partial charge in [-0.3, -0.25) is 9.59 Å². The Balaban J connectivity index is 0. The van der Waals surface area contributed by atoms with Crippen molar-refractivity contribution in [3.63, 3.8) is 0 Å². The Bertz CT molecular complexity index is 277. The normalized spacial score (nSPS) is 16.2. The molecule has 4 nitrogen and oxygen atoms in total. The molecule has 1 fully saturated rings. The van der Waals surface area contributed by atoms with E-state index in [9.17, 15) is 9.59 Å². The van der Waals surface area contributed by atoms with Gasteiger partial charge in [0, 0.05) is 25.3 Å². The maximum Gasteiger partial charge on any atom is 0.221 e. The van der Waals surface area contributed by atoms with E-state index in [1.807, 2.05) is 20.8 Å². The lowest BCUT2D eigenvalue weighted by Crippen LogP contribution is -2.13. The van der Waals surface area contributed by atoms with Crippen LogP contribution < -0.4 is 11.1 Å². The highest BCUT2D eigenvalue weighted by Crippen LogP contribution is 2.05. The van der Waals surface area contributed by atoms with Crippen LogP contribution in [0.1, 0.15) is 47.0 Å². The zero-order valence-electron chi connectivity index (χ0n) is 11.3.